The molecule has 1 unspecified atom stereocenters. The summed E-state index contributed by atoms with van der Waals surface area (Å²) in [5, 5.41) is -0.0783. The summed E-state index contributed by atoms with van der Waals surface area (Å²) in [7, 11) is -2.65. The van der Waals surface area contributed by atoms with Gasteiger partial charge in [0.1, 0.15) is 0 Å². The molecule has 4 heteroatoms. The Morgan fingerprint density at radius 2 is 1.39 bits per heavy atom. The molecule has 0 saturated carbocycles. The lowest BCUT2D eigenvalue weighted by atomic mass is 10.0. The molecular weight excluding hydrogens is 244 g/mol. The molecule has 0 aliphatic heterocycles. The van der Waals surface area contributed by atoms with Crippen LogP contribution in [0.5, 0.6) is 0 Å². The van der Waals surface area contributed by atoms with Gasteiger partial charge in [0, 0.05) is 24.9 Å². The van der Waals surface area contributed by atoms with Gasteiger partial charge in [0.05, 0.1) is 0 Å². The SMILES string of the molecule is [CH2]CC(C)(CCCC)[Si](OCC)(OCC)OCC. The van der Waals surface area contributed by atoms with Crippen molar-refractivity contribution in [2.75, 3.05) is 19.8 Å². The first-order chi connectivity index (χ1) is 8.55. The van der Waals surface area contributed by atoms with Crippen LogP contribution in [-0.4, -0.2) is 28.6 Å². The van der Waals surface area contributed by atoms with Gasteiger partial charge in [0.2, 0.25) is 0 Å². The van der Waals surface area contributed by atoms with Gasteiger partial charge in [0.25, 0.3) is 0 Å². The number of unbranched alkanes of at least 4 members (excludes halogenated alkanes) is 1. The first kappa shape index (κ1) is 18.1. The van der Waals surface area contributed by atoms with Crippen LogP contribution in [0.4, 0.5) is 0 Å². The number of hydrogen-bond donors (Lipinski definition) is 0. The second-order valence-electron chi connectivity index (χ2n) is 4.77. The van der Waals surface area contributed by atoms with E-state index < -0.39 is 8.80 Å². The maximum atomic E-state index is 6.02. The molecule has 0 spiro atoms. The molecule has 0 fully saturated rings. The minimum Gasteiger partial charge on any atom is -0.373 e. The largest absolute Gasteiger partial charge is 0.507 e. The Balaban J connectivity index is 5.16. The van der Waals surface area contributed by atoms with E-state index >= 15 is 0 Å². The maximum absolute atomic E-state index is 6.02. The summed E-state index contributed by atoms with van der Waals surface area (Å²) in [6, 6.07) is 0. The van der Waals surface area contributed by atoms with Gasteiger partial charge in [-0.25, -0.2) is 0 Å². The van der Waals surface area contributed by atoms with Crippen LogP contribution >= 0.6 is 0 Å². The molecule has 0 rings (SSSR count). The molecule has 0 aromatic rings. The minimum absolute atomic E-state index is 0.0783. The predicted molar refractivity (Wildman–Crippen MR) is 78.5 cm³/mol. The lowest BCUT2D eigenvalue weighted by Crippen LogP contribution is -2.55. The summed E-state index contributed by atoms with van der Waals surface area (Å²) in [6.45, 7) is 16.4. The van der Waals surface area contributed by atoms with E-state index in [2.05, 4.69) is 20.8 Å². The van der Waals surface area contributed by atoms with E-state index in [-0.39, 0.29) is 5.04 Å². The summed E-state index contributed by atoms with van der Waals surface area (Å²) >= 11 is 0. The van der Waals surface area contributed by atoms with E-state index in [0.717, 1.165) is 19.3 Å². The molecular formula is C14H31O3Si. The highest BCUT2D eigenvalue weighted by molar-refractivity contribution is 6.64. The van der Waals surface area contributed by atoms with Crippen LogP contribution in [0.15, 0.2) is 0 Å². The Hall–Kier alpha value is 0.0969. The second-order valence-corrected chi connectivity index (χ2v) is 7.95. The summed E-state index contributed by atoms with van der Waals surface area (Å²) in [5.41, 5.74) is 0. The van der Waals surface area contributed by atoms with Gasteiger partial charge in [-0.3, -0.25) is 0 Å². The van der Waals surface area contributed by atoms with Crippen molar-refractivity contribution in [1.29, 1.82) is 0 Å². The van der Waals surface area contributed by atoms with Crippen molar-refractivity contribution in [1.82, 2.24) is 0 Å². The Bertz CT molecular complexity index is 194. The highest BCUT2D eigenvalue weighted by Crippen LogP contribution is 2.47. The van der Waals surface area contributed by atoms with Gasteiger partial charge in [0.15, 0.2) is 0 Å². The van der Waals surface area contributed by atoms with E-state index in [0.29, 0.717) is 19.8 Å². The Labute approximate surface area is 115 Å². The highest BCUT2D eigenvalue weighted by Gasteiger charge is 2.56. The molecule has 1 atom stereocenters. The van der Waals surface area contributed by atoms with E-state index in [4.69, 9.17) is 13.3 Å². The van der Waals surface area contributed by atoms with Crippen molar-refractivity contribution in [3.05, 3.63) is 6.92 Å². The van der Waals surface area contributed by atoms with Gasteiger partial charge < -0.3 is 13.3 Å². The molecule has 0 amide bonds. The molecule has 0 aromatic carbocycles. The van der Waals surface area contributed by atoms with E-state index in [1.54, 1.807) is 0 Å². The van der Waals surface area contributed by atoms with Crippen LogP contribution in [0.1, 0.15) is 60.3 Å². The Morgan fingerprint density at radius 1 is 0.944 bits per heavy atom. The van der Waals surface area contributed by atoms with E-state index in [1.165, 1.54) is 6.42 Å². The van der Waals surface area contributed by atoms with E-state index in [1.807, 2.05) is 20.8 Å². The van der Waals surface area contributed by atoms with Crippen molar-refractivity contribution in [3.8, 4) is 0 Å². The zero-order valence-corrected chi connectivity index (χ0v) is 13.9. The van der Waals surface area contributed by atoms with Crippen LogP contribution < -0.4 is 0 Å². The van der Waals surface area contributed by atoms with Crippen molar-refractivity contribution in [2.24, 2.45) is 0 Å². The highest BCUT2D eigenvalue weighted by atomic mass is 28.4. The van der Waals surface area contributed by atoms with Crippen LogP contribution in [0.25, 0.3) is 0 Å². The zero-order valence-electron chi connectivity index (χ0n) is 12.9. The average Bonchev–Trinajstić information content (AvgIpc) is 2.36. The third-order valence-electron chi connectivity index (χ3n) is 3.38. The molecule has 1 radical (unpaired) electrons. The molecule has 0 aliphatic carbocycles. The molecule has 3 nitrogen and oxygen atoms in total. The van der Waals surface area contributed by atoms with Crippen molar-refractivity contribution in [3.63, 3.8) is 0 Å². The molecule has 0 heterocycles. The number of hydrogen-bond acceptors (Lipinski definition) is 3. The Morgan fingerprint density at radius 3 is 1.67 bits per heavy atom. The first-order valence-corrected chi connectivity index (χ1v) is 8.99. The lowest BCUT2D eigenvalue weighted by molar-refractivity contribution is 0.0432. The maximum Gasteiger partial charge on any atom is 0.507 e. The summed E-state index contributed by atoms with van der Waals surface area (Å²) in [6.07, 6.45) is 4.18. The molecule has 0 aromatic heterocycles. The van der Waals surface area contributed by atoms with Crippen LogP contribution in [0, 0.1) is 6.92 Å². The molecule has 109 valence electrons. The Kier molecular flexibility index (Phi) is 9.12. The van der Waals surface area contributed by atoms with Gasteiger partial charge in [-0.2, -0.15) is 0 Å². The van der Waals surface area contributed by atoms with Gasteiger partial charge in [-0.15, -0.1) is 0 Å². The van der Waals surface area contributed by atoms with Gasteiger partial charge in [-0.1, -0.05) is 33.6 Å². The second kappa shape index (κ2) is 9.07. The van der Waals surface area contributed by atoms with Crippen LogP contribution in [0.3, 0.4) is 0 Å². The first-order valence-electron chi connectivity index (χ1n) is 7.26. The standard InChI is InChI=1S/C14H31O3Si/c1-7-12-13-14(6,8-2)18(15-9-3,16-10-4)17-11-5/h2,7-13H2,1,3-6H3. The third-order valence-corrected chi connectivity index (χ3v) is 7.36. The van der Waals surface area contributed by atoms with Crippen LogP contribution in [-0.2, 0) is 13.3 Å². The third kappa shape index (κ3) is 4.33. The molecule has 0 N–H and O–H groups in total. The fourth-order valence-electron chi connectivity index (χ4n) is 2.22. The minimum atomic E-state index is -2.65. The predicted octanol–water partition coefficient (Wildman–Crippen LogP) is 4.21. The van der Waals surface area contributed by atoms with Gasteiger partial charge >= 0.3 is 8.80 Å². The zero-order chi connectivity index (χ0) is 14.1. The fourth-order valence-corrected chi connectivity index (χ4v) is 5.44. The van der Waals surface area contributed by atoms with Crippen molar-refractivity contribution in [2.45, 2.75) is 65.3 Å². The summed E-state index contributed by atoms with van der Waals surface area (Å²) in [4.78, 5) is 0. The van der Waals surface area contributed by atoms with Crippen molar-refractivity contribution >= 4 is 8.80 Å². The van der Waals surface area contributed by atoms with E-state index in [9.17, 15) is 0 Å². The van der Waals surface area contributed by atoms with Crippen LogP contribution in [0.2, 0.25) is 5.04 Å². The lowest BCUT2D eigenvalue weighted by Gasteiger charge is -2.42. The smallest absolute Gasteiger partial charge is 0.373 e. The topological polar surface area (TPSA) is 27.7 Å². The molecule has 18 heavy (non-hydrogen) atoms. The average molecular weight is 275 g/mol. The number of rotatable bonds is 11. The molecule has 0 aliphatic rings. The monoisotopic (exact) mass is 275 g/mol. The summed E-state index contributed by atoms with van der Waals surface area (Å²) in [5.74, 6) is 0. The molecule has 0 saturated heterocycles. The van der Waals surface area contributed by atoms with Crippen molar-refractivity contribution < 1.29 is 13.3 Å². The molecule has 0 bridgehead atoms. The fraction of sp³-hybridized carbons (Fsp3) is 0.929. The van der Waals surface area contributed by atoms with Gasteiger partial charge in [-0.05, 0) is 33.6 Å². The summed E-state index contributed by atoms with van der Waals surface area (Å²) < 4.78 is 18.1. The quantitative estimate of drug-likeness (QED) is 0.529. The normalized spacial score (nSPS) is 15.7.